The maximum Gasteiger partial charge on any atom is 0.173 e. The van der Waals surface area contributed by atoms with E-state index in [-0.39, 0.29) is 17.2 Å². The predicted molar refractivity (Wildman–Crippen MR) is 92.6 cm³/mol. The highest BCUT2D eigenvalue weighted by molar-refractivity contribution is 6.04. The third-order valence-electron chi connectivity index (χ3n) is 4.31. The standard InChI is InChI=1S/C12H10FNO2.C8H11O/c13-9-3-1-8(2-4-9)12-10(7-15)11(16)5-6-14-12;1-2-8(9)6-4-3-5-7-8/h1-4,12,14H,5-6H2;3-6H,2,7H2,1H3. The number of piperidine rings is 1. The fourth-order valence-electron chi connectivity index (χ4n) is 2.69. The van der Waals surface area contributed by atoms with Crippen LogP contribution in [0.15, 0.2) is 54.1 Å². The second-order valence-electron chi connectivity index (χ2n) is 6.04. The molecule has 2 atom stereocenters. The molecule has 25 heavy (non-hydrogen) atoms. The summed E-state index contributed by atoms with van der Waals surface area (Å²) in [6.07, 6.45) is 9.07. The highest BCUT2D eigenvalue weighted by Gasteiger charge is 2.27. The van der Waals surface area contributed by atoms with Crippen LogP contribution in [-0.2, 0) is 14.7 Å². The van der Waals surface area contributed by atoms with Crippen molar-refractivity contribution >= 4 is 11.7 Å². The molecule has 0 amide bonds. The van der Waals surface area contributed by atoms with Crippen LogP contribution in [0.3, 0.4) is 0 Å². The van der Waals surface area contributed by atoms with Gasteiger partial charge in [0.05, 0.1) is 6.04 Å². The zero-order valence-corrected chi connectivity index (χ0v) is 14.1. The molecule has 2 aliphatic rings. The third-order valence-corrected chi connectivity index (χ3v) is 4.31. The second-order valence-corrected chi connectivity index (χ2v) is 6.04. The molecular weight excluding hydrogens is 321 g/mol. The summed E-state index contributed by atoms with van der Waals surface area (Å²) < 4.78 is 12.7. The number of allylic oxidation sites excluding steroid dienone is 2. The summed E-state index contributed by atoms with van der Waals surface area (Å²) in [5, 5.41) is 14.4. The van der Waals surface area contributed by atoms with E-state index in [0.29, 0.717) is 31.4 Å². The first-order valence-electron chi connectivity index (χ1n) is 8.31. The van der Waals surface area contributed by atoms with E-state index in [4.69, 9.17) is 0 Å². The second kappa shape index (κ2) is 8.67. The molecule has 5 heteroatoms. The molecule has 2 unspecified atom stereocenters. The van der Waals surface area contributed by atoms with Gasteiger partial charge < -0.3 is 5.32 Å². The van der Waals surface area contributed by atoms with Gasteiger partial charge in [0.15, 0.2) is 5.78 Å². The lowest BCUT2D eigenvalue weighted by Gasteiger charge is -2.23. The molecule has 0 bridgehead atoms. The minimum Gasteiger partial charge on any atom is -0.305 e. The quantitative estimate of drug-likeness (QED) is 0.663. The Morgan fingerprint density at radius 2 is 2.00 bits per heavy atom. The Morgan fingerprint density at radius 3 is 2.52 bits per heavy atom. The Kier molecular flexibility index (Phi) is 6.59. The fraction of sp³-hybridized carbons (Fsp3) is 0.350. The summed E-state index contributed by atoms with van der Waals surface area (Å²) in [5.41, 5.74) is 0.0000307. The maximum absolute atomic E-state index is 12.7. The summed E-state index contributed by atoms with van der Waals surface area (Å²) in [5.74, 6) is 1.14. The van der Waals surface area contributed by atoms with E-state index in [9.17, 15) is 19.1 Å². The van der Waals surface area contributed by atoms with Gasteiger partial charge in [-0.2, -0.15) is 0 Å². The highest BCUT2D eigenvalue weighted by atomic mass is 19.1. The van der Waals surface area contributed by atoms with Gasteiger partial charge in [-0.3, -0.25) is 4.79 Å². The highest BCUT2D eigenvalue weighted by Crippen LogP contribution is 2.24. The number of hydrogen-bond acceptors (Lipinski definition) is 3. The third kappa shape index (κ3) is 5.07. The molecule has 0 saturated carbocycles. The Balaban J connectivity index is 0.000000212. The molecule has 1 aromatic rings. The van der Waals surface area contributed by atoms with Crippen molar-refractivity contribution < 1.29 is 19.1 Å². The van der Waals surface area contributed by atoms with E-state index in [2.05, 4.69) is 5.32 Å². The van der Waals surface area contributed by atoms with Crippen molar-refractivity contribution in [2.45, 2.75) is 37.8 Å². The van der Waals surface area contributed by atoms with Gasteiger partial charge in [0.2, 0.25) is 0 Å². The van der Waals surface area contributed by atoms with Gasteiger partial charge in [-0.15, -0.1) is 0 Å². The molecule has 3 rings (SSSR count). The average Bonchev–Trinajstić information content (AvgIpc) is 2.63. The van der Waals surface area contributed by atoms with Crippen molar-refractivity contribution in [2.75, 3.05) is 6.54 Å². The molecule has 0 aromatic heterocycles. The monoisotopic (exact) mass is 342 g/mol. The van der Waals surface area contributed by atoms with Gasteiger partial charge in [0, 0.05) is 19.4 Å². The molecule has 0 spiro atoms. The molecule has 4 nitrogen and oxygen atoms in total. The van der Waals surface area contributed by atoms with Crippen molar-refractivity contribution in [2.24, 2.45) is 0 Å². The van der Waals surface area contributed by atoms with Crippen LogP contribution in [0.25, 0.3) is 0 Å². The van der Waals surface area contributed by atoms with Crippen LogP contribution in [0, 0.1) is 5.82 Å². The van der Waals surface area contributed by atoms with Crippen molar-refractivity contribution in [1.29, 1.82) is 0 Å². The first-order valence-corrected chi connectivity index (χ1v) is 8.31. The zero-order chi connectivity index (χ0) is 18.3. The Hall–Kier alpha value is -2.33. The van der Waals surface area contributed by atoms with Crippen LogP contribution >= 0.6 is 0 Å². The predicted octanol–water partition coefficient (Wildman–Crippen LogP) is 3.27. The largest absolute Gasteiger partial charge is 0.305 e. The molecule has 1 aliphatic heterocycles. The van der Waals surface area contributed by atoms with E-state index in [0.717, 1.165) is 0 Å². The first kappa shape index (κ1) is 19.0. The molecule has 1 aliphatic carbocycles. The molecule has 1 saturated heterocycles. The zero-order valence-electron chi connectivity index (χ0n) is 14.1. The molecule has 1 N–H and O–H groups in total. The molecule has 131 valence electrons. The number of ketones is 1. The lowest BCUT2D eigenvalue weighted by molar-refractivity contribution is -0.116. The molecule has 1 radical (unpaired) electrons. The fourth-order valence-corrected chi connectivity index (χ4v) is 2.69. The topological polar surface area (TPSA) is 66.1 Å². The summed E-state index contributed by atoms with van der Waals surface area (Å²) in [6, 6.07) is 5.27. The SMILES string of the molecule is CCC1([O])C=CC=CC1.O=C=C1C(=O)CCNC1c1ccc(F)cc1. The van der Waals surface area contributed by atoms with Gasteiger partial charge in [-0.25, -0.2) is 14.3 Å². The number of carbonyl (C=O) groups is 1. The van der Waals surface area contributed by atoms with Crippen LogP contribution in [-0.4, -0.2) is 23.9 Å². The Labute approximate surface area is 146 Å². The number of carbonyl (C=O) groups excluding carboxylic acids is 2. The van der Waals surface area contributed by atoms with Crippen LogP contribution < -0.4 is 5.32 Å². The Bertz CT molecular complexity index is 717. The van der Waals surface area contributed by atoms with Gasteiger partial charge in [-0.05, 0) is 30.2 Å². The maximum atomic E-state index is 12.7. The van der Waals surface area contributed by atoms with E-state index in [1.807, 2.05) is 25.2 Å². The molecular formula is C20H21FNO3. The lowest BCUT2D eigenvalue weighted by Crippen LogP contribution is -2.34. The van der Waals surface area contributed by atoms with E-state index >= 15 is 0 Å². The van der Waals surface area contributed by atoms with Crippen LogP contribution in [0.1, 0.15) is 37.8 Å². The van der Waals surface area contributed by atoms with Crippen molar-refractivity contribution in [1.82, 2.24) is 5.32 Å². The first-order chi connectivity index (χ1) is 12.0. The van der Waals surface area contributed by atoms with Gasteiger partial charge >= 0.3 is 0 Å². The summed E-state index contributed by atoms with van der Waals surface area (Å²) in [4.78, 5) is 22.2. The smallest absolute Gasteiger partial charge is 0.173 e. The average molecular weight is 342 g/mol. The van der Waals surface area contributed by atoms with E-state index in [1.165, 1.54) is 12.1 Å². The van der Waals surface area contributed by atoms with E-state index in [1.54, 1.807) is 24.2 Å². The summed E-state index contributed by atoms with van der Waals surface area (Å²) in [6.45, 7) is 2.45. The lowest BCUT2D eigenvalue weighted by atomic mass is 9.92. The molecule has 1 heterocycles. The van der Waals surface area contributed by atoms with Crippen LogP contribution in [0.5, 0.6) is 0 Å². The van der Waals surface area contributed by atoms with Crippen LogP contribution in [0.2, 0.25) is 0 Å². The van der Waals surface area contributed by atoms with Crippen molar-refractivity contribution in [3.8, 4) is 0 Å². The number of nitrogens with one attached hydrogen (secondary N) is 1. The number of Topliss-reactive ketones (excluding diaryl/α,β-unsaturated/α-hetero) is 1. The minimum absolute atomic E-state index is 0.0952. The normalized spacial score (nSPS) is 25.2. The minimum atomic E-state index is -0.797. The molecule has 1 aromatic carbocycles. The summed E-state index contributed by atoms with van der Waals surface area (Å²) >= 11 is 0. The van der Waals surface area contributed by atoms with E-state index < -0.39 is 11.6 Å². The molecule has 1 fully saturated rings. The number of benzene rings is 1. The number of rotatable bonds is 2. The number of halogens is 1. The van der Waals surface area contributed by atoms with Gasteiger partial charge in [0.25, 0.3) is 0 Å². The number of hydrogen-bond donors (Lipinski definition) is 1. The van der Waals surface area contributed by atoms with Crippen molar-refractivity contribution in [3.05, 3.63) is 65.5 Å². The Morgan fingerprint density at radius 1 is 1.28 bits per heavy atom. The van der Waals surface area contributed by atoms with Gasteiger partial charge in [0.1, 0.15) is 22.9 Å². The van der Waals surface area contributed by atoms with Gasteiger partial charge in [-0.1, -0.05) is 37.3 Å². The van der Waals surface area contributed by atoms with Crippen LogP contribution in [0.4, 0.5) is 4.39 Å². The van der Waals surface area contributed by atoms with Crippen molar-refractivity contribution in [3.63, 3.8) is 0 Å². The summed E-state index contributed by atoms with van der Waals surface area (Å²) in [7, 11) is 0.